The molecule has 1 N–H and O–H groups in total. The molecule has 0 radical (unpaired) electrons. The quantitative estimate of drug-likeness (QED) is 0.843. The van der Waals surface area contributed by atoms with E-state index in [-0.39, 0.29) is 6.09 Å². The first-order chi connectivity index (χ1) is 10.2. The SMILES string of the molecule is CCCC1CC(NC2CCCCC2)CN(C(=O)OCC)C1. The number of hydrogen-bond donors (Lipinski definition) is 1. The van der Waals surface area contributed by atoms with E-state index in [1.807, 2.05) is 11.8 Å². The van der Waals surface area contributed by atoms with Crippen LogP contribution in [0, 0.1) is 5.92 Å². The largest absolute Gasteiger partial charge is 0.450 e. The Bertz CT molecular complexity index is 316. The van der Waals surface area contributed by atoms with Crippen LogP contribution in [0.3, 0.4) is 0 Å². The van der Waals surface area contributed by atoms with E-state index in [0.29, 0.717) is 24.6 Å². The monoisotopic (exact) mass is 296 g/mol. The number of carbonyl (C=O) groups is 1. The third-order valence-electron chi connectivity index (χ3n) is 4.84. The van der Waals surface area contributed by atoms with Crippen LogP contribution in [0.15, 0.2) is 0 Å². The Morgan fingerprint density at radius 1 is 1.14 bits per heavy atom. The minimum Gasteiger partial charge on any atom is -0.450 e. The maximum atomic E-state index is 12.1. The van der Waals surface area contributed by atoms with Gasteiger partial charge in [-0.1, -0.05) is 32.6 Å². The summed E-state index contributed by atoms with van der Waals surface area (Å²) in [5, 5.41) is 3.82. The summed E-state index contributed by atoms with van der Waals surface area (Å²) in [5.41, 5.74) is 0. The summed E-state index contributed by atoms with van der Waals surface area (Å²) in [4.78, 5) is 14.0. The standard InChI is InChI=1S/C17H32N2O2/c1-3-8-14-11-16(18-15-9-6-5-7-10-15)13-19(12-14)17(20)21-4-2/h14-16,18H,3-13H2,1-2H3. The van der Waals surface area contributed by atoms with Crippen LogP contribution in [0.4, 0.5) is 4.79 Å². The van der Waals surface area contributed by atoms with Crippen LogP contribution in [0.1, 0.15) is 65.2 Å². The minimum absolute atomic E-state index is 0.131. The van der Waals surface area contributed by atoms with E-state index in [1.165, 1.54) is 51.4 Å². The van der Waals surface area contributed by atoms with Crippen LogP contribution in [0.5, 0.6) is 0 Å². The molecule has 2 fully saturated rings. The zero-order valence-electron chi connectivity index (χ0n) is 13.8. The molecule has 0 spiro atoms. The Balaban J connectivity index is 1.90. The molecule has 0 aromatic carbocycles. The highest BCUT2D eigenvalue weighted by Crippen LogP contribution is 2.24. The Labute approximate surface area is 129 Å². The molecule has 0 aromatic rings. The second-order valence-electron chi connectivity index (χ2n) is 6.69. The van der Waals surface area contributed by atoms with Crippen LogP contribution >= 0.6 is 0 Å². The van der Waals surface area contributed by atoms with Crippen molar-refractivity contribution in [3.8, 4) is 0 Å². The van der Waals surface area contributed by atoms with Crippen molar-refractivity contribution in [1.82, 2.24) is 10.2 Å². The van der Waals surface area contributed by atoms with Crippen molar-refractivity contribution in [2.75, 3.05) is 19.7 Å². The highest BCUT2D eigenvalue weighted by Gasteiger charge is 2.31. The van der Waals surface area contributed by atoms with Gasteiger partial charge in [0.1, 0.15) is 0 Å². The number of nitrogens with one attached hydrogen (secondary N) is 1. The molecule has 1 amide bonds. The number of carbonyl (C=O) groups excluding carboxylic acids is 1. The van der Waals surface area contributed by atoms with Gasteiger partial charge < -0.3 is 15.0 Å². The lowest BCUT2D eigenvalue weighted by Gasteiger charge is -2.39. The molecule has 2 atom stereocenters. The molecule has 21 heavy (non-hydrogen) atoms. The average molecular weight is 296 g/mol. The first-order valence-electron chi connectivity index (χ1n) is 8.90. The molecule has 2 rings (SSSR count). The van der Waals surface area contributed by atoms with Crippen LogP contribution in [-0.2, 0) is 4.74 Å². The Morgan fingerprint density at radius 2 is 1.90 bits per heavy atom. The Hall–Kier alpha value is -0.770. The van der Waals surface area contributed by atoms with Crippen molar-refractivity contribution >= 4 is 6.09 Å². The van der Waals surface area contributed by atoms with E-state index in [1.54, 1.807) is 0 Å². The van der Waals surface area contributed by atoms with E-state index in [0.717, 1.165) is 13.1 Å². The van der Waals surface area contributed by atoms with E-state index >= 15 is 0 Å². The first-order valence-corrected chi connectivity index (χ1v) is 8.90. The summed E-state index contributed by atoms with van der Waals surface area (Å²) in [6, 6.07) is 1.11. The summed E-state index contributed by atoms with van der Waals surface area (Å²) in [6.45, 7) is 6.26. The third kappa shape index (κ3) is 5.17. The molecule has 2 aliphatic rings. The molecule has 1 saturated carbocycles. The van der Waals surface area contributed by atoms with Crippen molar-refractivity contribution in [1.29, 1.82) is 0 Å². The molecular weight excluding hydrogens is 264 g/mol. The van der Waals surface area contributed by atoms with Crippen molar-refractivity contribution in [2.24, 2.45) is 5.92 Å². The molecule has 4 nitrogen and oxygen atoms in total. The summed E-state index contributed by atoms with van der Waals surface area (Å²) in [7, 11) is 0. The predicted molar refractivity (Wildman–Crippen MR) is 85.4 cm³/mol. The lowest BCUT2D eigenvalue weighted by atomic mass is 9.88. The normalized spacial score (nSPS) is 27.6. The van der Waals surface area contributed by atoms with E-state index in [4.69, 9.17) is 4.74 Å². The van der Waals surface area contributed by atoms with E-state index in [9.17, 15) is 4.79 Å². The predicted octanol–water partition coefficient (Wildman–Crippen LogP) is 3.56. The molecular formula is C17H32N2O2. The number of piperidine rings is 1. The third-order valence-corrected chi connectivity index (χ3v) is 4.84. The second kappa shape index (κ2) is 8.62. The van der Waals surface area contributed by atoms with Gasteiger partial charge in [0.05, 0.1) is 6.61 Å². The fourth-order valence-corrected chi connectivity index (χ4v) is 3.91. The van der Waals surface area contributed by atoms with Crippen molar-refractivity contribution in [3.05, 3.63) is 0 Å². The van der Waals surface area contributed by atoms with Gasteiger partial charge in [-0.15, -0.1) is 0 Å². The number of ether oxygens (including phenoxy) is 1. The number of nitrogens with zero attached hydrogens (tertiary/aromatic N) is 1. The zero-order chi connectivity index (χ0) is 15.1. The molecule has 0 bridgehead atoms. The van der Waals surface area contributed by atoms with Crippen LogP contribution in [0.2, 0.25) is 0 Å². The summed E-state index contributed by atoms with van der Waals surface area (Å²) in [6.07, 6.45) is 10.2. The summed E-state index contributed by atoms with van der Waals surface area (Å²) in [5.74, 6) is 0.620. The van der Waals surface area contributed by atoms with Gasteiger partial charge in [0, 0.05) is 25.2 Å². The van der Waals surface area contributed by atoms with Crippen molar-refractivity contribution in [2.45, 2.75) is 77.3 Å². The first kappa shape index (κ1) is 16.6. The number of likely N-dealkylation sites (tertiary alicyclic amines) is 1. The van der Waals surface area contributed by atoms with Crippen LogP contribution in [-0.4, -0.2) is 42.8 Å². The van der Waals surface area contributed by atoms with Crippen LogP contribution in [0.25, 0.3) is 0 Å². The van der Waals surface area contributed by atoms with Gasteiger partial charge >= 0.3 is 6.09 Å². The molecule has 1 heterocycles. The molecule has 1 aliphatic heterocycles. The second-order valence-corrected chi connectivity index (χ2v) is 6.69. The zero-order valence-corrected chi connectivity index (χ0v) is 13.8. The number of amides is 1. The Morgan fingerprint density at radius 3 is 2.57 bits per heavy atom. The molecule has 2 unspecified atom stereocenters. The number of hydrogen-bond acceptors (Lipinski definition) is 3. The van der Waals surface area contributed by atoms with Gasteiger partial charge in [0.25, 0.3) is 0 Å². The van der Waals surface area contributed by atoms with Gasteiger partial charge in [0.15, 0.2) is 0 Å². The molecule has 122 valence electrons. The van der Waals surface area contributed by atoms with E-state index < -0.39 is 0 Å². The van der Waals surface area contributed by atoms with Crippen molar-refractivity contribution in [3.63, 3.8) is 0 Å². The molecule has 4 heteroatoms. The fraction of sp³-hybridized carbons (Fsp3) is 0.941. The average Bonchev–Trinajstić information content (AvgIpc) is 2.48. The summed E-state index contributed by atoms with van der Waals surface area (Å²) >= 11 is 0. The molecule has 0 aromatic heterocycles. The minimum atomic E-state index is -0.131. The molecule has 1 saturated heterocycles. The van der Waals surface area contributed by atoms with Gasteiger partial charge in [0.2, 0.25) is 0 Å². The maximum Gasteiger partial charge on any atom is 0.409 e. The van der Waals surface area contributed by atoms with Gasteiger partial charge in [-0.2, -0.15) is 0 Å². The highest BCUT2D eigenvalue weighted by atomic mass is 16.6. The lowest BCUT2D eigenvalue weighted by Crippen LogP contribution is -2.53. The number of rotatable bonds is 5. The van der Waals surface area contributed by atoms with Gasteiger partial charge in [-0.05, 0) is 38.5 Å². The maximum absolute atomic E-state index is 12.1. The van der Waals surface area contributed by atoms with Crippen LogP contribution < -0.4 is 5.32 Å². The Kier molecular flexibility index (Phi) is 6.81. The molecule has 1 aliphatic carbocycles. The fourth-order valence-electron chi connectivity index (χ4n) is 3.91. The smallest absolute Gasteiger partial charge is 0.409 e. The summed E-state index contributed by atoms with van der Waals surface area (Å²) < 4.78 is 5.21. The highest BCUT2D eigenvalue weighted by molar-refractivity contribution is 5.67. The topological polar surface area (TPSA) is 41.6 Å². The van der Waals surface area contributed by atoms with Gasteiger partial charge in [-0.25, -0.2) is 4.79 Å². The van der Waals surface area contributed by atoms with Crippen molar-refractivity contribution < 1.29 is 9.53 Å². The lowest BCUT2D eigenvalue weighted by molar-refractivity contribution is 0.0744. The van der Waals surface area contributed by atoms with E-state index in [2.05, 4.69) is 12.2 Å². The van der Waals surface area contributed by atoms with Gasteiger partial charge in [-0.3, -0.25) is 0 Å².